The number of pyridine rings is 1. The van der Waals surface area contributed by atoms with Crippen molar-refractivity contribution in [2.24, 2.45) is 0 Å². The first-order valence-corrected chi connectivity index (χ1v) is 8.83. The molecule has 0 saturated heterocycles. The van der Waals surface area contributed by atoms with Crippen LogP contribution in [-0.2, 0) is 10.8 Å². The quantitative estimate of drug-likeness (QED) is 0.705. The van der Waals surface area contributed by atoms with Crippen molar-refractivity contribution >= 4 is 28.1 Å². The first-order valence-electron chi connectivity index (χ1n) is 7.51. The summed E-state index contributed by atoms with van der Waals surface area (Å²) in [5.41, 5.74) is 2.65. The molecule has 2 aromatic heterocycles. The van der Waals surface area contributed by atoms with Crippen molar-refractivity contribution in [3.63, 3.8) is 0 Å². The minimum atomic E-state index is -1.17. The lowest BCUT2D eigenvalue weighted by Crippen LogP contribution is -2.03. The van der Waals surface area contributed by atoms with Gasteiger partial charge in [0.15, 0.2) is 11.9 Å². The van der Waals surface area contributed by atoms with E-state index >= 15 is 0 Å². The van der Waals surface area contributed by atoms with Gasteiger partial charge in [0.2, 0.25) is 0 Å². The number of aromatic amines is 1. The maximum Gasteiger partial charge on any atom is 0.156 e. The first-order chi connectivity index (χ1) is 11.3. The third-order valence-electron chi connectivity index (χ3n) is 3.72. The molecule has 3 aromatic rings. The average molecular weight is 327 g/mol. The van der Waals surface area contributed by atoms with E-state index in [9.17, 15) is 9.00 Å². The van der Waals surface area contributed by atoms with Gasteiger partial charge >= 0.3 is 0 Å². The van der Waals surface area contributed by atoms with Crippen molar-refractivity contribution in [3.05, 3.63) is 42.2 Å². The molecule has 0 saturated carbocycles. The molecule has 118 valence electrons. The van der Waals surface area contributed by atoms with Gasteiger partial charge in [-0.15, -0.1) is 0 Å². The standard InChI is InChI=1S/C17H17N3O2S/c1-2-3-8-23(22)16-14(9-18-17-15(16)10-19-20-17)13-7-5-4-6-12(13)11-21/h4-7,9-11H,2-3,8H2,1H3,(H,18,19,20). The smallest absolute Gasteiger partial charge is 0.156 e. The maximum atomic E-state index is 12.9. The zero-order valence-corrected chi connectivity index (χ0v) is 13.6. The van der Waals surface area contributed by atoms with Crippen molar-refractivity contribution in [3.8, 4) is 11.1 Å². The van der Waals surface area contributed by atoms with Crippen LogP contribution >= 0.6 is 0 Å². The summed E-state index contributed by atoms with van der Waals surface area (Å²) in [5.74, 6) is 0.580. The number of benzene rings is 1. The predicted molar refractivity (Wildman–Crippen MR) is 90.9 cm³/mol. The van der Waals surface area contributed by atoms with Crippen LogP contribution in [0.25, 0.3) is 22.2 Å². The number of nitrogens with one attached hydrogen (secondary N) is 1. The predicted octanol–water partition coefficient (Wildman–Crippen LogP) is 3.35. The Labute approximate surface area is 136 Å². The molecule has 5 nitrogen and oxygen atoms in total. The lowest BCUT2D eigenvalue weighted by molar-refractivity contribution is 0.112. The second-order valence-corrected chi connectivity index (χ2v) is 6.75. The number of H-pyrrole nitrogens is 1. The minimum Gasteiger partial charge on any atom is -0.298 e. The van der Waals surface area contributed by atoms with Gasteiger partial charge in [0.1, 0.15) is 0 Å². The number of nitrogens with zero attached hydrogens (tertiary/aromatic N) is 2. The highest BCUT2D eigenvalue weighted by atomic mass is 32.2. The van der Waals surface area contributed by atoms with E-state index in [0.29, 0.717) is 21.9 Å². The topological polar surface area (TPSA) is 75.7 Å². The lowest BCUT2D eigenvalue weighted by atomic mass is 10.0. The van der Waals surface area contributed by atoms with Crippen LogP contribution in [0.15, 0.2) is 41.6 Å². The van der Waals surface area contributed by atoms with Gasteiger partial charge in [-0.25, -0.2) is 4.98 Å². The highest BCUT2D eigenvalue weighted by Crippen LogP contribution is 2.32. The molecule has 3 rings (SSSR count). The third-order valence-corrected chi connectivity index (χ3v) is 5.27. The summed E-state index contributed by atoms with van der Waals surface area (Å²) in [4.78, 5) is 16.4. The maximum absolute atomic E-state index is 12.9. The molecule has 0 aliphatic rings. The minimum absolute atomic E-state index is 0.561. The van der Waals surface area contributed by atoms with Crippen LogP contribution in [0.3, 0.4) is 0 Å². The second-order valence-electron chi connectivity index (χ2n) is 5.24. The molecule has 6 heteroatoms. The van der Waals surface area contributed by atoms with E-state index in [1.54, 1.807) is 18.5 Å². The zero-order valence-electron chi connectivity index (χ0n) is 12.8. The molecule has 1 atom stereocenters. The number of fused-ring (bicyclic) bond motifs is 1. The molecular formula is C17H17N3O2S. The van der Waals surface area contributed by atoms with E-state index in [1.807, 2.05) is 18.2 Å². The number of unbranched alkanes of at least 4 members (excludes halogenated alkanes) is 1. The summed E-state index contributed by atoms with van der Waals surface area (Å²) in [6, 6.07) is 7.28. The van der Waals surface area contributed by atoms with Gasteiger partial charge in [-0.05, 0) is 12.0 Å². The Morgan fingerprint density at radius 1 is 1.22 bits per heavy atom. The van der Waals surface area contributed by atoms with Crippen LogP contribution in [0.4, 0.5) is 0 Å². The van der Waals surface area contributed by atoms with Crippen molar-refractivity contribution in [1.82, 2.24) is 15.2 Å². The third kappa shape index (κ3) is 2.94. The van der Waals surface area contributed by atoms with Crippen LogP contribution in [0.2, 0.25) is 0 Å². The first kappa shape index (κ1) is 15.6. The fourth-order valence-electron chi connectivity index (χ4n) is 2.54. The van der Waals surface area contributed by atoms with E-state index in [4.69, 9.17) is 0 Å². The van der Waals surface area contributed by atoms with Crippen LogP contribution in [-0.4, -0.2) is 31.4 Å². The highest BCUT2D eigenvalue weighted by Gasteiger charge is 2.19. The summed E-state index contributed by atoms with van der Waals surface area (Å²) in [6.07, 6.45) is 5.98. The number of aldehydes is 1. The van der Waals surface area contributed by atoms with Gasteiger partial charge in [0.05, 0.1) is 27.3 Å². The zero-order chi connectivity index (χ0) is 16.2. The Bertz CT molecular complexity index is 873. The Morgan fingerprint density at radius 3 is 2.83 bits per heavy atom. The Kier molecular flexibility index (Phi) is 4.62. The van der Waals surface area contributed by atoms with Crippen molar-refractivity contribution in [2.45, 2.75) is 24.7 Å². The number of hydrogen-bond donors (Lipinski definition) is 1. The summed E-state index contributed by atoms with van der Waals surface area (Å²) >= 11 is 0. The summed E-state index contributed by atoms with van der Waals surface area (Å²) in [6.45, 7) is 2.07. The van der Waals surface area contributed by atoms with E-state index < -0.39 is 10.8 Å². The van der Waals surface area contributed by atoms with E-state index in [1.165, 1.54) is 0 Å². The molecule has 1 unspecified atom stereocenters. The van der Waals surface area contributed by atoms with E-state index in [2.05, 4.69) is 22.1 Å². The van der Waals surface area contributed by atoms with Gasteiger partial charge < -0.3 is 0 Å². The molecule has 0 bridgehead atoms. The monoisotopic (exact) mass is 327 g/mol. The van der Waals surface area contributed by atoms with Gasteiger partial charge in [0.25, 0.3) is 0 Å². The van der Waals surface area contributed by atoms with Crippen molar-refractivity contribution in [2.75, 3.05) is 5.75 Å². The highest BCUT2D eigenvalue weighted by molar-refractivity contribution is 7.85. The van der Waals surface area contributed by atoms with Crippen LogP contribution in [0.1, 0.15) is 30.1 Å². The van der Waals surface area contributed by atoms with Gasteiger partial charge in [0, 0.05) is 23.1 Å². The molecule has 0 aliphatic carbocycles. The number of carbonyl (C=O) groups excluding carboxylic acids is 1. The largest absolute Gasteiger partial charge is 0.298 e. The molecule has 0 spiro atoms. The van der Waals surface area contributed by atoms with Crippen molar-refractivity contribution < 1.29 is 9.00 Å². The van der Waals surface area contributed by atoms with Crippen LogP contribution in [0, 0.1) is 0 Å². The fraction of sp³-hybridized carbons (Fsp3) is 0.235. The second kappa shape index (κ2) is 6.83. The normalized spacial score (nSPS) is 12.4. The molecule has 1 N–H and O–H groups in total. The fourth-order valence-corrected chi connectivity index (χ4v) is 4.09. The summed E-state index contributed by atoms with van der Waals surface area (Å²) < 4.78 is 12.9. The molecule has 2 heterocycles. The van der Waals surface area contributed by atoms with E-state index in [-0.39, 0.29) is 0 Å². The number of hydrogen-bond acceptors (Lipinski definition) is 4. The average Bonchev–Trinajstić information content (AvgIpc) is 3.07. The molecular weight excluding hydrogens is 310 g/mol. The Hall–Kier alpha value is -2.34. The SMILES string of the molecule is CCCCS(=O)c1c(-c2ccccc2C=O)cnc2[nH]ncc12. The molecule has 0 amide bonds. The molecule has 1 aromatic carbocycles. The Morgan fingerprint density at radius 2 is 2.04 bits per heavy atom. The summed E-state index contributed by atoms with van der Waals surface area (Å²) in [5, 5.41) is 7.57. The van der Waals surface area contributed by atoms with Gasteiger partial charge in [-0.1, -0.05) is 37.6 Å². The molecule has 23 heavy (non-hydrogen) atoms. The van der Waals surface area contributed by atoms with Gasteiger partial charge in [-0.3, -0.25) is 14.1 Å². The molecule has 0 radical (unpaired) electrons. The lowest BCUT2D eigenvalue weighted by Gasteiger charge is -2.12. The molecule has 0 aliphatic heterocycles. The van der Waals surface area contributed by atoms with Crippen molar-refractivity contribution in [1.29, 1.82) is 0 Å². The van der Waals surface area contributed by atoms with E-state index in [0.717, 1.165) is 35.6 Å². The van der Waals surface area contributed by atoms with Gasteiger partial charge in [-0.2, -0.15) is 5.10 Å². The Balaban J connectivity index is 2.24. The van der Waals surface area contributed by atoms with Crippen LogP contribution < -0.4 is 0 Å². The van der Waals surface area contributed by atoms with Crippen LogP contribution in [0.5, 0.6) is 0 Å². The molecule has 0 fully saturated rings. The number of carbonyl (C=O) groups is 1. The number of aromatic nitrogens is 3. The number of rotatable bonds is 6. The summed E-state index contributed by atoms with van der Waals surface area (Å²) in [7, 11) is -1.17.